The van der Waals surface area contributed by atoms with E-state index in [9.17, 15) is 4.79 Å². The number of hydrogen-bond acceptors (Lipinski definition) is 5. The standard InChI is InChI=1S/C31H31N5O.ClH/c32-23-13-15-36(18-23)30-25-7-3-5-19-4-1-2-6-24(19)29(25)34-27-11-10-21(16-26(27)30)22-12-14-33-28(17-22)35-31(37)20-8-9-20;/h1-2,4,6,10-12,14,16-17,20,23H,3,5,7-9,13,15,18,32H2,(H,33,35,37);1H/t23-;/m0./s1. The molecule has 3 heterocycles. The minimum atomic E-state index is 0. The Morgan fingerprint density at radius 2 is 1.84 bits per heavy atom. The van der Waals surface area contributed by atoms with Crippen LogP contribution in [0.3, 0.4) is 0 Å². The van der Waals surface area contributed by atoms with Gasteiger partial charge in [0.1, 0.15) is 5.82 Å². The highest BCUT2D eigenvalue weighted by molar-refractivity contribution is 6.00. The van der Waals surface area contributed by atoms with Gasteiger partial charge in [-0.05, 0) is 79.5 Å². The van der Waals surface area contributed by atoms with Crippen molar-refractivity contribution in [1.29, 1.82) is 0 Å². The molecule has 0 unspecified atom stereocenters. The Kier molecular flexibility index (Phi) is 6.54. The van der Waals surface area contributed by atoms with Gasteiger partial charge in [0.05, 0.1) is 16.9 Å². The van der Waals surface area contributed by atoms with Crippen LogP contribution < -0.4 is 16.0 Å². The van der Waals surface area contributed by atoms with Gasteiger partial charge in [0.15, 0.2) is 0 Å². The monoisotopic (exact) mass is 525 g/mol. The maximum absolute atomic E-state index is 12.3. The van der Waals surface area contributed by atoms with Crippen LogP contribution in [0.1, 0.15) is 36.8 Å². The third-order valence-electron chi connectivity index (χ3n) is 8.03. The van der Waals surface area contributed by atoms with E-state index in [1.165, 1.54) is 27.8 Å². The van der Waals surface area contributed by atoms with Crippen molar-refractivity contribution in [1.82, 2.24) is 9.97 Å². The summed E-state index contributed by atoms with van der Waals surface area (Å²) in [5.41, 5.74) is 15.9. The van der Waals surface area contributed by atoms with Gasteiger partial charge in [-0.15, -0.1) is 12.4 Å². The largest absolute Gasteiger partial charge is 0.369 e. The zero-order valence-electron chi connectivity index (χ0n) is 21.3. The molecule has 1 atom stereocenters. The molecule has 2 aromatic carbocycles. The van der Waals surface area contributed by atoms with Crippen LogP contribution in [0, 0.1) is 5.92 Å². The Morgan fingerprint density at radius 1 is 1.00 bits per heavy atom. The summed E-state index contributed by atoms with van der Waals surface area (Å²) in [5.74, 6) is 0.826. The van der Waals surface area contributed by atoms with Crippen molar-refractivity contribution in [2.24, 2.45) is 11.7 Å². The lowest BCUT2D eigenvalue weighted by Gasteiger charge is -2.26. The average molecular weight is 526 g/mol. The molecule has 1 aliphatic heterocycles. The molecular weight excluding hydrogens is 494 g/mol. The first kappa shape index (κ1) is 24.8. The summed E-state index contributed by atoms with van der Waals surface area (Å²) in [5, 5.41) is 4.16. The van der Waals surface area contributed by atoms with Gasteiger partial charge in [0.2, 0.25) is 5.91 Å². The Bertz CT molecular complexity index is 1530. The fraction of sp³-hybridized carbons (Fsp3) is 0.323. The smallest absolute Gasteiger partial charge is 0.228 e. The number of nitrogens with one attached hydrogen (secondary N) is 1. The number of aryl methyl sites for hydroxylation is 1. The van der Waals surface area contributed by atoms with E-state index in [1.54, 1.807) is 6.20 Å². The number of nitrogens with zero attached hydrogens (tertiary/aromatic N) is 3. The van der Waals surface area contributed by atoms with Crippen LogP contribution in [0.4, 0.5) is 11.5 Å². The van der Waals surface area contributed by atoms with Crippen LogP contribution in [0.25, 0.3) is 33.3 Å². The van der Waals surface area contributed by atoms with E-state index in [-0.39, 0.29) is 30.3 Å². The van der Waals surface area contributed by atoms with Gasteiger partial charge in [0, 0.05) is 47.8 Å². The van der Waals surface area contributed by atoms with Gasteiger partial charge in [-0.1, -0.05) is 30.3 Å². The van der Waals surface area contributed by atoms with Crippen molar-refractivity contribution >= 4 is 40.7 Å². The molecule has 38 heavy (non-hydrogen) atoms. The zero-order chi connectivity index (χ0) is 24.9. The topological polar surface area (TPSA) is 84.1 Å². The summed E-state index contributed by atoms with van der Waals surface area (Å²) in [6.07, 6.45) is 7.91. The molecule has 2 aliphatic carbocycles. The highest BCUT2D eigenvalue weighted by Crippen LogP contribution is 2.42. The maximum atomic E-state index is 12.3. The predicted molar refractivity (Wildman–Crippen MR) is 156 cm³/mol. The lowest BCUT2D eigenvalue weighted by molar-refractivity contribution is -0.117. The van der Waals surface area contributed by atoms with Crippen LogP contribution in [-0.2, 0) is 17.6 Å². The summed E-state index contributed by atoms with van der Waals surface area (Å²) in [7, 11) is 0. The summed E-state index contributed by atoms with van der Waals surface area (Å²) in [4.78, 5) is 24.4. The number of rotatable bonds is 4. The third-order valence-corrected chi connectivity index (χ3v) is 8.03. The van der Waals surface area contributed by atoms with Crippen molar-refractivity contribution in [3.8, 4) is 22.4 Å². The SMILES string of the molecule is Cl.N[C@H]1CCN(c2c3c(nc4ccc(-c5ccnc(NC(=O)C6CC6)c5)cc24)-c2ccccc2CCC3)C1. The highest BCUT2D eigenvalue weighted by Gasteiger charge is 2.30. The molecule has 2 aromatic heterocycles. The van der Waals surface area contributed by atoms with Crippen molar-refractivity contribution in [3.05, 3.63) is 71.9 Å². The van der Waals surface area contributed by atoms with Crippen molar-refractivity contribution in [2.75, 3.05) is 23.3 Å². The molecule has 3 aliphatic rings. The quantitative estimate of drug-likeness (QED) is 0.354. The van der Waals surface area contributed by atoms with Gasteiger partial charge in [0.25, 0.3) is 0 Å². The first-order valence-electron chi connectivity index (χ1n) is 13.5. The molecule has 3 N–H and O–H groups in total. The number of anilines is 2. The van der Waals surface area contributed by atoms with Crippen molar-refractivity contribution < 1.29 is 4.79 Å². The van der Waals surface area contributed by atoms with Crippen molar-refractivity contribution in [2.45, 2.75) is 44.6 Å². The minimum absolute atomic E-state index is 0. The molecule has 1 amide bonds. The van der Waals surface area contributed by atoms with Gasteiger partial charge in [-0.3, -0.25) is 4.79 Å². The third kappa shape index (κ3) is 4.52. The first-order valence-corrected chi connectivity index (χ1v) is 13.5. The van der Waals surface area contributed by atoms with E-state index in [1.807, 2.05) is 12.1 Å². The molecule has 6 nitrogen and oxygen atoms in total. The minimum Gasteiger partial charge on any atom is -0.369 e. The van der Waals surface area contributed by atoms with Gasteiger partial charge < -0.3 is 16.0 Å². The van der Waals surface area contributed by atoms with Gasteiger partial charge in [-0.25, -0.2) is 9.97 Å². The predicted octanol–water partition coefficient (Wildman–Crippen LogP) is 5.76. The molecule has 7 rings (SSSR count). The summed E-state index contributed by atoms with van der Waals surface area (Å²) in [6.45, 7) is 1.83. The second kappa shape index (κ2) is 10.0. The molecule has 0 radical (unpaired) electrons. The molecule has 2 fully saturated rings. The van der Waals surface area contributed by atoms with Crippen LogP contribution in [0.2, 0.25) is 0 Å². The number of carbonyl (C=O) groups is 1. The number of halogens is 1. The zero-order valence-corrected chi connectivity index (χ0v) is 22.1. The van der Waals surface area contributed by atoms with Gasteiger partial charge >= 0.3 is 0 Å². The Hall–Kier alpha value is -3.48. The molecule has 1 saturated carbocycles. The van der Waals surface area contributed by atoms with E-state index in [2.05, 4.69) is 57.7 Å². The van der Waals surface area contributed by atoms with Crippen LogP contribution in [0.15, 0.2) is 60.8 Å². The van der Waals surface area contributed by atoms with Gasteiger partial charge in [-0.2, -0.15) is 0 Å². The normalized spacial score (nSPS) is 18.3. The highest BCUT2D eigenvalue weighted by atomic mass is 35.5. The lowest BCUT2D eigenvalue weighted by atomic mass is 9.96. The molecule has 4 aromatic rings. The molecule has 1 saturated heterocycles. The Balaban J connectivity index is 0.00000264. The summed E-state index contributed by atoms with van der Waals surface area (Å²) in [6, 6.07) is 19.4. The number of pyridine rings is 2. The molecule has 0 bridgehead atoms. The van der Waals surface area contributed by atoms with Crippen LogP contribution in [-0.4, -0.2) is 35.0 Å². The number of carbonyl (C=O) groups excluding carboxylic acids is 1. The summed E-state index contributed by atoms with van der Waals surface area (Å²) >= 11 is 0. The average Bonchev–Trinajstić information content (AvgIpc) is 3.71. The Labute approximate surface area is 229 Å². The number of aromatic nitrogens is 2. The fourth-order valence-corrected chi connectivity index (χ4v) is 5.95. The number of hydrogen-bond donors (Lipinski definition) is 2. The maximum Gasteiger partial charge on any atom is 0.228 e. The molecule has 194 valence electrons. The molecule has 0 spiro atoms. The molecular formula is C31H32ClN5O. The van der Waals surface area contributed by atoms with Crippen molar-refractivity contribution in [3.63, 3.8) is 0 Å². The fourth-order valence-electron chi connectivity index (χ4n) is 5.95. The first-order chi connectivity index (χ1) is 18.1. The van der Waals surface area contributed by atoms with E-state index in [0.717, 1.165) is 74.0 Å². The molecule has 7 heteroatoms. The van der Waals surface area contributed by atoms with Crippen LogP contribution >= 0.6 is 12.4 Å². The van der Waals surface area contributed by atoms with E-state index < -0.39 is 0 Å². The van der Waals surface area contributed by atoms with E-state index >= 15 is 0 Å². The number of benzene rings is 2. The van der Waals surface area contributed by atoms with Crippen LogP contribution in [0.5, 0.6) is 0 Å². The summed E-state index contributed by atoms with van der Waals surface area (Å²) < 4.78 is 0. The number of fused-ring (bicyclic) bond motifs is 4. The van der Waals surface area contributed by atoms with E-state index in [4.69, 9.17) is 10.7 Å². The second-order valence-corrected chi connectivity index (χ2v) is 10.7. The number of nitrogens with two attached hydrogens (primary N) is 1. The second-order valence-electron chi connectivity index (χ2n) is 10.7. The lowest BCUT2D eigenvalue weighted by Crippen LogP contribution is -2.27. The number of amides is 1. The van der Waals surface area contributed by atoms with E-state index in [0.29, 0.717) is 5.82 Å². The Morgan fingerprint density at radius 3 is 2.66 bits per heavy atom.